The van der Waals surface area contributed by atoms with E-state index in [4.69, 9.17) is 17.3 Å². The fourth-order valence-corrected chi connectivity index (χ4v) is 2.53. The molecule has 90 valence electrons. The highest BCUT2D eigenvalue weighted by Gasteiger charge is 2.12. The lowest BCUT2D eigenvalue weighted by Gasteiger charge is -2.03. The van der Waals surface area contributed by atoms with E-state index in [1.165, 1.54) is 11.8 Å². The Morgan fingerprint density at radius 1 is 1.22 bits per heavy atom. The van der Waals surface area contributed by atoms with Crippen molar-refractivity contribution in [2.75, 3.05) is 5.73 Å². The molecule has 0 saturated heterocycles. The molecule has 0 aromatic carbocycles. The van der Waals surface area contributed by atoms with Crippen molar-refractivity contribution in [3.8, 4) is 0 Å². The molecule has 3 N–H and O–H groups in total. The Bertz CT molecular complexity index is 712. The molecule has 0 aliphatic rings. The highest BCUT2D eigenvalue weighted by Crippen LogP contribution is 2.33. The monoisotopic (exact) mass is 278 g/mol. The summed E-state index contributed by atoms with van der Waals surface area (Å²) in [5, 5.41) is 1.87. The first kappa shape index (κ1) is 11.2. The zero-order chi connectivity index (χ0) is 12.5. The van der Waals surface area contributed by atoms with Gasteiger partial charge < -0.3 is 10.7 Å². The number of fused-ring (bicyclic) bond motifs is 1. The Hall–Kier alpha value is -1.86. The van der Waals surface area contributed by atoms with E-state index >= 15 is 0 Å². The van der Waals surface area contributed by atoms with Gasteiger partial charge in [-0.05, 0) is 23.9 Å². The number of pyridine rings is 1. The van der Waals surface area contributed by atoms with Gasteiger partial charge in [0.2, 0.25) is 5.95 Å². The highest BCUT2D eigenvalue weighted by atomic mass is 35.5. The summed E-state index contributed by atoms with van der Waals surface area (Å²) in [5.74, 6) is 0.171. The number of hydrogen-bond donors (Lipinski definition) is 2. The summed E-state index contributed by atoms with van der Waals surface area (Å²) in [6.07, 6.45) is 3.21. The van der Waals surface area contributed by atoms with E-state index < -0.39 is 0 Å². The van der Waals surface area contributed by atoms with Crippen molar-refractivity contribution in [3.05, 3.63) is 29.7 Å². The lowest BCUT2D eigenvalue weighted by Crippen LogP contribution is -1.97. The van der Waals surface area contributed by atoms with Gasteiger partial charge in [0.1, 0.15) is 15.6 Å². The first-order chi connectivity index (χ1) is 8.74. The number of nitrogens with one attached hydrogen (secondary N) is 1. The van der Waals surface area contributed by atoms with Crippen LogP contribution < -0.4 is 5.73 Å². The number of rotatable bonds is 2. The van der Waals surface area contributed by atoms with Gasteiger partial charge >= 0.3 is 0 Å². The van der Waals surface area contributed by atoms with Crippen molar-refractivity contribution in [2.45, 2.75) is 10.1 Å². The molecule has 3 aromatic heterocycles. The maximum Gasteiger partial charge on any atom is 0.223 e. The Balaban J connectivity index is 2.10. The second-order valence-electron chi connectivity index (χ2n) is 3.38. The van der Waals surface area contributed by atoms with Gasteiger partial charge in [-0.1, -0.05) is 11.6 Å². The fourth-order valence-electron chi connectivity index (χ4n) is 1.43. The number of anilines is 1. The van der Waals surface area contributed by atoms with Gasteiger partial charge in [-0.2, -0.15) is 4.98 Å². The minimum atomic E-state index is 0.171. The zero-order valence-corrected chi connectivity index (χ0v) is 10.5. The minimum Gasteiger partial charge on any atom is -0.368 e. The van der Waals surface area contributed by atoms with Crippen LogP contribution in [0.2, 0.25) is 5.02 Å². The molecule has 0 spiro atoms. The molecule has 0 amide bonds. The first-order valence-corrected chi connectivity index (χ1v) is 6.18. The number of nitrogens with zero attached hydrogens (tertiary/aromatic N) is 4. The van der Waals surface area contributed by atoms with Crippen molar-refractivity contribution in [2.24, 2.45) is 0 Å². The standard InChI is InChI=1S/C10H7ClN6S/c11-5-2-1-3-13-8(5)18-9-6-7(15-4-14-6)16-10(12)17-9/h1-4H,(H3,12,14,15,16,17). The molecule has 3 aromatic rings. The van der Waals surface area contributed by atoms with Crippen molar-refractivity contribution in [1.29, 1.82) is 0 Å². The average molecular weight is 279 g/mol. The molecule has 8 heteroatoms. The molecule has 0 radical (unpaired) electrons. The SMILES string of the molecule is Nc1nc(Sc2ncccc2Cl)c2[nH]cnc2n1. The number of imidazole rings is 1. The van der Waals surface area contributed by atoms with Crippen molar-refractivity contribution >= 4 is 40.5 Å². The third kappa shape index (κ3) is 1.98. The summed E-state index contributed by atoms with van der Waals surface area (Å²) >= 11 is 7.37. The molecule has 0 fully saturated rings. The maximum absolute atomic E-state index is 6.06. The molecule has 0 saturated carbocycles. The normalized spacial score (nSPS) is 10.9. The predicted molar refractivity (Wildman–Crippen MR) is 69.5 cm³/mol. The summed E-state index contributed by atoms with van der Waals surface area (Å²) in [6.45, 7) is 0. The number of nitrogen functional groups attached to an aromatic ring is 1. The highest BCUT2D eigenvalue weighted by molar-refractivity contribution is 7.99. The van der Waals surface area contributed by atoms with E-state index in [1.807, 2.05) is 0 Å². The van der Waals surface area contributed by atoms with Crippen LogP contribution in [0.4, 0.5) is 5.95 Å². The van der Waals surface area contributed by atoms with Crippen LogP contribution >= 0.6 is 23.4 Å². The van der Waals surface area contributed by atoms with Crippen LogP contribution in [0.1, 0.15) is 0 Å². The van der Waals surface area contributed by atoms with E-state index in [-0.39, 0.29) is 5.95 Å². The van der Waals surface area contributed by atoms with Gasteiger partial charge in [0.25, 0.3) is 0 Å². The number of hydrogen-bond acceptors (Lipinski definition) is 6. The van der Waals surface area contributed by atoms with Gasteiger partial charge in [-0.15, -0.1) is 0 Å². The number of nitrogens with two attached hydrogens (primary N) is 1. The van der Waals surface area contributed by atoms with Crippen molar-refractivity contribution in [1.82, 2.24) is 24.9 Å². The van der Waals surface area contributed by atoms with Gasteiger partial charge in [0.15, 0.2) is 5.65 Å². The topological polar surface area (TPSA) is 93.4 Å². The van der Waals surface area contributed by atoms with Gasteiger partial charge in [0.05, 0.1) is 11.3 Å². The fraction of sp³-hybridized carbons (Fsp3) is 0. The summed E-state index contributed by atoms with van der Waals surface area (Å²) in [7, 11) is 0. The summed E-state index contributed by atoms with van der Waals surface area (Å²) in [6, 6.07) is 3.54. The molecular weight excluding hydrogens is 272 g/mol. The second-order valence-corrected chi connectivity index (χ2v) is 4.77. The first-order valence-electron chi connectivity index (χ1n) is 4.99. The summed E-state index contributed by atoms with van der Waals surface area (Å²) in [4.78, 5) is 19.4. The third-order valence-corrected chi connectivity index (χ3v) is 3.61. The maximum atomic E-state index is 6.06. The van der Waals surface area contributed by atoms with Crippen LogP contribution in [-0.2, 0) is 0 Å². The van der Waals surface area contributed by atoms with E-state index in [9.17, 15) is 0 Å². The minimum absolute atomic E-state index is 0.171. The lowest BCUT2D eigenvalue weighted by molar-refractivity contribution is 1.08. The average Bonchev–Trinajstić information content (AvgIpc) is 2.80. The molecule has 0 bridgehead atoms. The van der Waals surface area contributed by atoms with Crippen molar-refractivity contribution in [3.63, 3.8) is 0 Å². The van der Waals surface area contributed by atoms with E-state index in [2.05, 4.69) is 24.9 Å². The largest absolute Gasteiger partial charge is 0.368 e. The van der Waals surface area contributed by atoms with E-state index in [0.717, 1.165) is 5.52 Å². The Morgan fingerprint density at radius 2 is 2.11 bits per heavy atom. The molecule has 0 unspecified atom stereocenters. The van der Waals surface area contributed by atoms with Crippen LogP contribution in [-0.4, -0.2) is 24.9 Å². The van der Waals surface area contributed by atoms with E-state index in [0.29, 0.717) is 20.7 Å². The van der Waals surface area contributed by atoms with Crippen LogP contribution in [0.3, 0.4) is 0 Å². The van der Waals surface area contributed by atoms with Gasteiger partial charge in [-0.25, -0.2) is 15.0 Å². The summed E-state index contributed by atoms with van der Waals surface area (Å²) in [5.41, 5.74) is 6.88. The smallest absolute Gasteiger partial charge is 0.223 e. The van der Waals surface area contributed by atoms with Gasteiger partial charge in [-0.3, -0.25) is 0 Å². The Morgan fingerprint density at radius 3 is 2.94 bits per heavy atom. The zero-order valence-electron chi connectivity index (χ0n) is 8.96. The van der Waals surface area contributed by atoms with Crippen molar-refractivity contribution < 1.29 is 0 Å². The second kappa shape index (κ2) is 4.43. The molecule has 0 atom stereocenters. The van der Waals surface area contributed by atoms with Gasteiger partial charge in [0, 0.05) is 6.20 Å². The van der Waals surface area contributed by atoms with Crippen LogP contribution in [0.5, 0.6) is 0 Å². The predicted octanol–water partition coefficient (Wildman–Crippen LogP) is 2.13. The third-order valence-electron chi connectivity index (χ3n) is 2.19. The Labute approximate surface area is 111 Å². The molecule has 0 aliphatic carbocycles. The molecule has 3 heterocycles. The molecule has 3 rings (SSSR count). The number of aromatic amines is 1. The Kier molecular flexibility index (Phi) is 2.77. The number of H-pyrrole nitrogens is 1. The molecule has 0 aliphatic heterocycles. The van der Waals surface area contributed by atoms with Crippen LogP contribution in [0.15, 0.2) is 34.7 Å². The number of aromatic nitrogens is 5. The van der Waals surface area contributed by atoms with E-state index in [1.54, 1.807) is 24.7 Å². The summed E-state index contributed by atoms with van der Waals surface area (Å²) < 4.78 is 0. The number of halogens is 1. The van der Waals surface area contributed by atoms with Crippen LogP contribution in [0.25, 0.3) is 11.2 Å². The molecule has 18 heavy (non-hydrogen) atoms. The van der Waals surface area contributed by atoms with Crippen LogP contribution in [0, 0.1) is 0 Å². The lowest BCUT2D eigenvalue weighted by atomic mass is 10.5. The molecule has 6 nitrogen and oxygen atoms in total. The quantitative estimate of drug-likeness (QED) is 0.698. The molecular formula is C10H7ClN6S.